The Balaban J connectivity index is 2.20. The summed E-state index contributed by atoms with van der Waals surface area (Å²) in [6.45, 7) is 0. The quantitative estimate of drug-likeness (QED) is 0.761. The number of ether oxygens (including phenoxy) is 1. The summed E-state index contributed by atoms with van der Waals surface area (Å²) in [6, 6.07) is -0.0283. The first-order valence-electron chi connectivity index (χ1n) is 5.55. The maximum absolute atomic E-state index is 11.4. The lowest BCUT2D eigenvalue weighted by atomic mass is 10.1. The largest absolute Gasteiger partial charge is 0.464 e. The number of sulfone groups is 1. The lowest BCUT2D eigenvalue weighted by Crippen LogP contribution is -2.26. The highest BCUT2D eigenvalue weighted by Crippen LogP contribution is 2.27. The SMILES string of the molecule is COC(=O)c1ncn(C2CCS(=O)(=O)CC2)c1N. The molecule has 0 radical (unpaired) electrons. The number of methoxy groups -OCH3 is 1. The van der Waals surface area contributed by atoms with Crippen molar-refractivity contribution in [2.24, 2.45) is 0 Å². The Morgan fingerprint density at radius 1 is 1.50 bits per heavy atom. The fourth-order valence-corrected chi connectivity index (χ4v) is 3.54. The fraction of sp³-hybridized carbons (Fsp3) is 0.600. The van der Waals surface area contributed by atoms with Gasteiger partial charge in [0.15, 0.2) is 5.69 Å². The molecule has 7 nitrogen and oxygen atoms in total. The zero-order chi connectivity index (χ0) is 13.3. The van der Waals surface area contributed by atoms with Crippen molar-refractivity contribution in [2.45, 2.75) is 18.9 Å². The first-order valence-corrected chi connectivity index (χ1v) is 7.38. The van der Waals surface area contributed by atoms with Crippen LogP contribution in [-0.4, -0.2) is 42.6 Å². The van der Waals surface area contributed by atoms with Crippen molar-refractivity contribution in [3.05, 3.63) is 12.0 Å². The molecule has 0 aromatic carbocycles. The van der Waals surface area contributed by atoms with E-state index in [9.17, 15) is 13.2 Å². The third-order valence-electron chi connectivity index (χ3n) is 3.13. The van der Waals surface area contributed by atoms with Crippen LogP contribution in [-0.2, 0) is 14.6 Å². The molecule has 0 aliphatic carbocycles. The summed E-state index contributed by atoms with van der Waals surface area (Å²) in [6.07, 6.45) is 2.44. The molecule has 1 aromatic heterocycles. The van der Waals surface area contributed by atoms with Crippen molar-refractivity contribution in [1.82, 2.24) is 9.55 Å². The molecule has 100 valence electrons. The number of hydrogen-bond donors (Lipinski definition) is 1. The van der Waals surface area contributed by atoms with Crippen LogP contribution in [0.1, 0.15) is 29.4 Å². The maximum Gasteiger partial charge on any atom is 0.360 e. The molecule has 2 heterocycles. The summed E-state index contributed by atoms with van der Waals surface area (Å²) < 4.78 is 28.9. The van der Waals surface area contributed by atoms with Gasteiger partial charge in [-0.1, -0.05) is 0 Å². The van der Waals surface area contributed by atoms with E-state index < -0.39 is 15.8 Å². The molecule has 1 saturated heterocycles. The van der Waals surface area contributed by atoms with E-state index in [1.807, 2.05) is 0 Å². The zero-order valence-electron chi connectivity index (χ0n) is 10.00. The number of nitrogens with two attached hydrogens (primary N) is 1. The Bertz CT molecular complexity index is 550. The number of rotatable bonds is 2. The normalized spacial score (nSPS) is 19.6. The second-order valence-electron chi connectivity index (χ2n) is 4.26. The third-order valence-corrected chi connectivity index (χ3v) is 4.84. The molecule has 0 amide bonds. The highest BCUT2D eigenvalue weighted by Gasteiger charge is 2.27. The van der Waals surface area contributed by atoms with E-state index in [1.165, 1.54) is 13.4 Å². The van der Waals surface area contributed by atoms with Gasteiger partial charge in [-0.15, -0.1) is 0 Å². The number of carbonyl (C=O) groups is 1. The summed E-state index contributed by atoms with van der Waals surface area (Å²) in [7, 11) is -1.66. The van der Waals surface area contributed by atoms with E-state index in [1.54, 1.807) is 4.57 Å². The molecular formula is C10H15N3O4S. The van der Waals surface area contributed by atoms with Crippen molar-refractivity contribution >= 4 is 21.6 Å². The van der Waals surface area contributed by atoms with E-state index in [0.29, 0.717) is 12.8 Å². The second-order valence-corrected chi connectivity index (χ2v) is 6.56. The van der Waals surface area contributed by atoms with Crippen LogP contribution in [0, 0.1) is 0 Å². The lowest BCUT2D eigenvalue weighted by molar-refractivity contribution is 0.0596. The number of aromatic nitrogens is 2. The standard InChI is InChI=1S/C10H15N3O4S/c1-17-10(14)8-9(11)13(6-12-8)7-2-4-18(15,16)5-3-7/h6-7H,2-5,11H2,1H3. The Morgan fingerprint density at radius 3 is 2.67 bits per heavy atom. The average Bonchev–Trinajstić information content (AvgIpc) is 2.70. The molecule has 0 atom stereocenters. The molecule has 0 saturated carbocycles. The molecule has 0 unspecified atom stereocenters. The molecule has 18 heavy (non-hydrogen) atoms. The number of nitrogen functional groups attached to an aromatic ring is 1. The van der Waals surface area contributed by atoms with Crippen LogP contribution in [0.2, 0.25) is 0 Å². The van der Waals surface area contributed by atoms with E-state index in [4.69, 9.17) is 5.73 Å². The molecule has 2 N–H and O–H groups in total. The van der Waals surface area contributed by atoms with Crippen molar-refractivity contribution in [3.8, 4) is 0 Å². The Labute approximate surface area is 105 Å². The molecule has 1 aromatic rings. The van der Waals surface area contributed by atoms with Gasteiger partial charge in [0.1, 0.15) is 15.7 Å². The number of esters is 1. The highest BCUT2D eigenvalue weighted by molar-refractivity contribution is 7.91. The van der Waals surface area contributed by atoms with E-state index in [2.05, 4.69) is 9.72 Å². The molecular weight excluding hydrogens is 258 g/mol. The predicted molar refractivity (Wildman–Crippen MR) is 64.9 cm³/mol. The number of nitrogens with zero attached hydrogens (tertiary/aromatic N) is 2. The van der Waals surface area contributed by atoms with Gasteiger partial charge >= 0.3 is 5.97 Å². The first-order chi connectivity index (χ1) is 8.44. The van der Waals surface area contributed by atoms with Gasteiger partial charge in [0.25, 0.3) is 0 Å². The molecule has 1 aliphatic rings. The van der Waals surface area contributed by atoms with Crippen LogP contribution in [0.25, 0.3) is 0 Å². The molecule has 0 spiro atoms. The predicted octanol–water partition coefficient (Wildman–Crippen LogP) is 0.00160. The van der Waals surface area contributed by atoms with Gasteiger partial charge < -0.3 is 15.0 Å². The van der Waals surface area contributed by atoms with Crippen molar-refractivity contribution in [1.29, 1.82) is 0 Å². The minimum atomic E-state index is -2.92. The average molecular weight is 273 g/mol. The van der Waals surface area contributed by atoms with Crippen LogP contribution >= 0.6 is 0 Å². The Kier molecular flexibility index (Phi) is 3.29. The van der Waals surface area contributed by atoms with Crippen LogP contribution in [0.15, 0.2) is 6.33 Å². The molecule has 0 bridgehead atoms. The minimum Gasteiger partial charge on any atom is -0.464 e. The number of carbonyl (C=O) groups excluding carboxylic acids is 1. The van der Waals surface area contributed by atoms with Gasteiger partial charge in [-0.25, -0.2) is 18.2 Å². The number of anilines is 1. The second kappa shape index (κ2) is 4.60. The van der Waals surface area contributed by atoms with Gasteiger partial charge in [0.2, 0.25) is 0 Å². The Hall–Kier alpha value is -1.57. The summed E-state index contributed by atoms with van der Waals surface area (Å²) in [4.78, 5) is 15.3. The topological polar surface area (TPSA) is 104 Å². The lowest BCUT2D eigenvalue weighted by Gasteiger charge is -2.23. The van der Waals surface area contributed by atoms with Crippen molar-refractivity contribution in [3.63, 3.8) is 0 Å². The smallest absolute Gasteiger partial charge is 0.360 e. The molecule has 8 heteroatoms. The Morgan fingerprint density at radius 2 is 2.11 bits per heavy atom. The van der Waals surface area contributed by atoms with Crippen molar-refractivity contribution < 1.29 is 17.9 Å². The fourth-order valence-electron chi connectivity index (χ4n) is 2.07. The maximum atomic E-state index is 11.4. The minimum absolute atomic E-state index is 0.0283. The van der Waals surface area contributed by atoms with E-state index in [0.717, 1.165) is 0 Å². The molecule has 2 rings (SSSR count). The van der Waals surface area contributed by atoms with Crippen LogP contribution in [0.4, 0.5) is 5.82 Å². The number of imidazole rings is 1. The van der Waals surface area contributed by atoms with Gasteiger partial charge in [-0.05, 0) is 12.8 Å². The van der Waals surface area contributed by atoms with Crippen LogP contribution < -0.4 is 5.73 Å². The van der Waals surface area contributed by atoms with E-state index >= 15 is 0 Å². The van der Waals surface area contributed by atoms with Gasteiger partial charge in [-0.2, -0.15) is 0 Å². The highest BCUT2D eigenvalue weighted by atomic mass is 32.2. The van der Waals surface area contributed by atoms with Gasteiger partial charge in [0, 0.05) is 6.04 Å². The van der Waals surface area contributed by atoms with Crippen LogP contribution in [0.5, 0.6) is 0 Å². The summed E-state index contributed by atoms with van der Waals surface area (Å²) in [5.41, 5.74) is 5.90. The van der Waals surface area contributed by atoms with Gasteiger partial charge in [-0.3, -0.25) is 0 Å². The van der Waals surface area contributed by atoms with Gasteiger partial charge in [0.05, 0.1) is 24.9 Å². The van der Waals surface area contributed by atoms with Crippen LogP contribution in [0.3, 0.4) is 0 Å². The van der Waals surface area contributed by atoms with Crippen molar-refractivity contribution in [2.75, 3.05) is 24.3 Å². The van der Waals surface area contributed by atoms with E-state index in [-0.39, 0.29) is 29.1 Å². The first kappa shape index (κ1) is 12.9. The molecule has 1 fully saturated rings. The zero-order valence-corrected chi connectivity index (χ0v) is 10.8. The summed E-state index contributed by atoms with van der Waals surface area (Å²) >= 11 is 0. The third kappa shape index (κ3) is 2.33. The number of hydrogen-bond acceptors (Lipinski definition) is 6. The summed E-state index contributed by atoms with van der Waals surface area (Å²) in [5.74, 6) is -0.0769. The molecule has 1 aliphatic heterocycles. The summed E-state index contributed by atoms with van der Waals surface area (Å²) in [5, 5.41) is 0. The monoisotopic (exact) mass is 273 g/mol.